The summed E-state index contributed by atoms with van der Waals surface area (Å²) in [5, 5.41) is 0.360. The normalized spacial score (nSPS) is 11.6. The summed E-state index contributed by atoms with van der Waals surface area (Å²) in [5.41, 5.74) is 1.06. The molecule has 0 radical (unpaired) electrons. The summed E-state index contributed by atoms with van der Waals surface area (Å²) in [6, 6.07) is 4.96. The number of halogens is 3. The van der Waals surface area contributed by atoms with Crippen molar-refractivity contribution in [3.63, 3.8) is 0 Å². The zero-order valence-electron chi connectivity index (χ0n) is 18.1. The molecule has 0 aliphatic rings. The summed E-state index contributed by atoms with van der Waals surface area (Å²) in [5.74, 6) is -0.895. The number of aromatic nitrogens is 5. The van der Waals surface area contributed by atoms with Crippen molar-refractivity contribution in [1.29, 1.82) is 0 Å². The second-order valence-corrected chi connectivity index (χ2v) is 9.28. The molecule has 4 rings (SSSR count). The van der Waals surface area contributed by atoms with Gasteiger partial charge in [-0.05, 0) is 28.1 Å². The number of hydrogen-bond acceptors (Lipinski definition) is 9. The Morgan fingerprint density at radius 3 is 2.37 bits per heavy atom. The van der Waals surface area contributed by atoms with E-state index in [1.807, 2.05) is 0 Å². The fraction of sp³-hybridized carbons (Fsp3) is 0.200. The molecule has 3 heterocycles. The third kappa shape index (κ3) is 4.95. The molecule has 2 N–H and O–H groups in total. The van der Waals surface area contributed by atoms with E-state index in [2.05, 4.69) is 45.6 Å². The zero-order chi connectivity index (χ0) is 25.2. The molecule has 0 atom stereocenters. The Bertz CT molecular complexity index is 1440. The van der Waals surface area contributed by atoms with Crippen molar-refractivity contribution in [1.82, 2.24) is 24.9 Å². The number of sulfonamides is 1. The number of aromatic amines is 1. The van der Waals surface area contributed by atoms with E-state index in [0.717, 1.165) is 0 Å². The summed E-state index contributed by atoms with van der Waals surface area (Å²) in [4.78, 5) is 19.2. The Morgan fingerprint density at radius 1 is 1.11 bits per heavy atom. The van der Waals surface area contributed by atoms with Gasteiger partial charge < -0.3 is 19.2 Å². The van der Waals surface area contributed by atoms with Gasteiger partial charge in [-0.25, -0.2) is 31.9 Å². The molecule has 0 aliphatic carbocycles. The van der Waals surface area contributed by atoms with Crippen LogP contribution < -0.4 is 18.9 Å². The Balaban J connectivity index is 1.74. The first-order valence-electron chi connectivity index (χ1n) is 9.76. The average Bonchev–Trinajstić information content (AvgIpc) is 3.27. The first-order chi connectivity index (χ1) is 16.7. The Hall–Kier alpha value is -3.59. The van der Waals surface area contributed by atoms with Crippen molar-refractivity contribution in [3.8, 4) is 28.9 Å². The number of nitrogens with one attached hydrogen (secondary N) is 2. The van der Waals surface area contributed by atoms with Crippen LogP contribution in [0.25, 0.3) is 22.3 Å². The average molecular weight is 571 g/mol. The van der Waals surface area contributed by atoms with Gasteiger partial charge in [-0.1, -0.05) is 6.07 Å². The zero-order valence-corrected chi connectivity index (χ0v) is 20.5. The van der Waals surface area contributed by atoms with Crippen molar-refractivity contribution in [2.24, 2.45) is 0 Å². The molecule has 0 amide bonds. The number of benzene rings is 1. The van der Waals surface area contributed by atoms with E-state index < -0.39 is 29.0 Å². The predicted octanol–water partition coefficient (Wildman–Crippen LogP) is 3.64. The van der Waals surface area contributed by atoms with Crippen molar-refractivity contribution < 1.29 is 31.4 Å². The second-order valence-electron chi connectivity index (χ2n) is 6.77. The third-order valence-corrected chi connectivity index (χ3v) is 6.64. The highest BCUT2D eigenvalue weighted by Crippen LogP contribution is 2.38. The Kier molecular flexibility index (Phi) is 6.98. The summed E-state index contributed by atoms with van der Waals surface area (Å²) < 4.78 is 69.6. The second kappa shape index (κ2) is 9.95. The van der Waals surface area contributed by atoms with E-state index in [1.54, 1.807) is 30.6 Å². The molecular formula is C20H17BrF2N6O5S. The minimum absolute atomic E-state index is 0.100. The topological polar surface area (TPSA) is 141 Å². The Labute approximate surface area is 206 Å². The van der Waals surface area contributed by atoms with Gasteiger partial charge in [0.05, 0.1) is 25.3 Å². The molecule has 11 nitrogen and oxygen atoms in total. The number of nitrogens with zero attached hydrogens (tertiary/aromatic N) is 4. The van der Waals surface area contributed by atoms with Gasteiger partial charge in [0, 0.05) is 28.4 Å². The molecule has 0 saturated heterocycles. The SMILES string of the molecule is COc1nc(NS(=O)(=O)c2c[nH]c3c(-c4ncccn4)c(Br)ccc23)nc(OC)c1OCC(F)F. The monoisotopic (exact) mass is 570 g/mol. The molecule has 0 spiro atoms. The van der Waals surface area contributed by atoms with Crippen molar-refractivity contribution in [2.75, 3.05) is 25.5 Å². The number of anilines is 1. The van der Waals surface area contributed by atoms with E-state index in [1.165, 1.54) is 20.4 Å². The van der Waals surface area contributed by atoms with Gasteiger partial charge >= 0.3 is 0 Å². The van der Waals surface area contributed by atoms with E-state index in [-0.39, 0.29) is 22.4 Å². The highest BCUT2D eigenvalue weighted by molar-refractivity contribution is 9.10. The van der Waals surface area contributed by atoms with Crippen LogP contribution in [0.1, 0.15) is 0 Å². The molecule has 0 unspecified atom stereocenters. The van der Waals surface area contributed by atoms with Gasteiger partial charge in [0.2, 0.25) is 11.7 Å². The lowest BCUT2D eigenvalue weighted by atomic mass is 10.1. The van der Waals surface area contributed by atoms with Crippen LogP contribution in [0.4, 0.5) is 14.7 Å². The maximum Gasteiger partial charge on any atom is 0.272 e. The first kappa shape index (κ1) is 24.5. The summed E-state index contributed by atoms with van der Waals surface area (Å²) in [7, 11) is -1.81. The largest absolute Gasteiger partial charge is 0.478 e. The molecule has 0 aliphatic heterocycles. The predicted molar refractivity (Wildman–Crippen MR) is 124 cm³/mol. The number of H-pyrrole nitrogens is 1. The number of alkyl halides is 2. The van der Waals surface area contributed by atoms with Gasteiger partial charge in [0.25, 0.3) is 28.2 Å². The number of ether oxygens (including phenoxy) is 3. The summed E-state index contributed by atoms with van der Waals surface area (Å²) >= 11 is 3.46. The lowest BCUT2D eigenvalue weighted by Crippen LogP contribution is -2.16. The lowest BCUT2D eigenvalue weighted by molar-refractivity contribution is 0.0781. The lowest BCUT2D eigenvalue weighted by Gasteiger charge is -2.14. The molecule has 0 bridgehead atoms. The maximum atomic E-state index is 13.2. The fourth-order valence-corrected chi connectivity index (χ4v) is 4.82. The first-order valence-corrected chi connectivity index (χ1v) is 12.0. The maximum absolute atomic E-state index is 13.2. The minimum atomic E-state index is -4.23. The quantitative estimate of drug-likeness (QED) is 0.308. The van der Waals surface area contributed by atoms with Gasteiger partial charge in [-0.2, -0.15) is 9.97 Å². The number of rotatable bonds is 9. The fourth-order valence-electron chi connectivity index (χ4n) is 3.19. The van der Waals surface area contributed by atoms with Gasteiger partial charge in [0.15, 0.2) is 5.82 Å². The van der Waals surface area contributed by atoms with E-state index >= 15 is 0 Å². The van der Waals surface area contributed by atoms with Crippen LogP contribution in [0.3, 0.4) is 0 Å². The van der Waals surface area contributed by atoms with Crippen LogP contribution in [-0.4, -0.2) is 60.6 Å². The number of hydrogen-bond donors (Lipinski definition) is 2. The minimum Gasteiger partial charge on any atom is -0.478 e. The molecule has 0 fully saturated rings. The molecule has 184 valence electrons. The van der Waals surface area contributed by atoms with Gasteiger partial charge in [-0.15, -0.1) is 0 Å². The molecule has 0 saturated carbocycles. The van der Waals surface area contributed by atoms with Crippen molar-refractivity contribution >= 4 is 42.8 Å². The standard InChI is InChI=1S/C20H17BrF2N6O5S/c1-32-18-16(34-9-13(22)23)19(33-2)28-20(27-18)29-35(30,31)12-8-26-15-10(12)4-5-11(21)14(15)17-24-6-3-7-25-17/h3-8,13,26H,9H2,1-2H3,(H,27,28,29). The van der Waals surface area contributed by atoms with Crippen molar-refractivity contribution in [2.45, 2.75) is 11.3 Å². The van der Waals surface area contributed by atoms with Gasteiger partial charge in [0.1, 0.15) is 11.5 Å². The van der Waals surface area contributed by atoms with Crippen LogP contribution in [-0.2, 0) is 10.0 Å². The molecule has 4 aromatic rings. The van der Waals surface area contributed by atoms with Crippen LogP contribution in [0.2, 0.25) is 0 Å². The smallest absolute Gasteiger partial charge is 0.272 e. The number of methoxy groups -OCH3 is 2. The molecule has 3 aromatic heterocycles. The van der Waals surface area contributed by atoms with E-state index in [9.17, 15) is 17.2 Å². The van der Waals surface area contributed by atoms with Crippen LogP contribution in [0, 0.1) is 0 Å². The highest BCUT2D eigenvalue weighted by Gasteiger charge is 2.26. The summed E-state index contributed by atoms with van der Waals surface area (Å²) in [6.45, 7) is -0.959. The molecule has 1 aromatic carbocycles. The molecular weight excluding hydrogens is 554 g/mol. The van der Waals surface area contributed by atoms with Crippen LogP contribution in [0.15, 0.2) is 46.2 Å². The number of fused-ring (bicyclic) bond motifs is 1. The highest BCUT2D eigenvalue weighted by atomic mass is 79.9. The third-order valence-electron chi connectivity index (χ3n) is 4.62. The molecule has 15 heteroatoms. The Morgan fingerprint density at radius 2 is 1.77 bits per heavy atom. The van der Waals surface area contributed by atoms with E-state index in [0.29, 0.717) is 26.8 Å². The van der Waals surface area contributed by atoms with Crippen molar-refractivity contribution in [3.05, 3.63) is 41.3 Å². The van der Waals surface area contributed by atoms with Gasteiger partial charge in [-0.3, -0.25) is 0 Å². The van der Waals surface area contributed by atoms with Crippen LogP contribution >= 0.6 is 15.9 Å². The summed E-state index contributed by atoms with van der Waals surface area (Å²) in [6.07, 6.45) is 1.68. The van der Waals surface area contributed by atoms with Crippen LogP contribution in [0.5, 0.6) is 17.5 Å². The molecule has 35 heavy (non-hydrogen) atoms. The van der Waals surface area contributed by atoms with E-state index in [4.69, 9.17) is 14.2 Å².